The van der Waals surface area contributed by atoms with Gasteiger partial charge in [0.2, 0.25) is 11.9 Å². The van der Waals surface area contributed by atoms with Crippen molar-refractivity contribution in [1.29, 1.82) is 0 Å². The third-order valence-corrected chi connectivity index (χ3v) is 4.85. The summed E-state index contributed by atoms with van der Waals surface area (Å²) in [6.07, 6.45) is 6.69. The van der Waals surface area contributed by atoms with Crippen molar-refractivity contribution in [1.82, 2.24) is 14.9 Å². The van der Waals surface area contributed by atoms with Crippen LogP contribution < -0.4 is 4.90 Å². The summed E-state index contributed by atoms with van der Waals surface area (Å²) in [6.45, 7) is 4.49. The number of hydrogen-bond acceptors (Lipinski definition) is 4. The van der Waals surface area contributed by atoms with Gasteiger partial charge in [0, 0.05) is 50.4 Å². The number of carbonyl (C=O) groups is 1. The van der Waals surface area contributed by atoms with E-state index in [9.17, 15) is 4.79 Å². The summed E-state index contributed by atoms with van der Waals surface area (Å²) in [5.41, 5.74) is 2.22. The van der Waals surface area contributed by atoms with Gasteiger partial charge in [0.25, 0.3) is 0 Å². The van der Waals surface area contributed by atoms with E-state index in [1.165, 1.54) is 25.0 Å². The molecular formula is C17H26N4O. The largest absolute Gasteiger partial charge is 0.342 e. The lowest BCUT2D eigenvalue weighted by atomic mass is 9.83. The average Bonchev–Trinajstić information content (AvgIpc) is 2.43. The molecule has 2 heterocycles. The van der Waals surface area contributed by atoms with E-state index in [2.05, 4.69) is 16.0 Å². The monoisotopic (exact) mass is 302 g/mol. The SMILES string of the molecule is Cc1cc(C2CCC2)nc(N(C)CCN2CCCCC2=O)n1. The normalized spacial score (nSPS) is 19.2. The van der Waals surface area contributed by atoms with Crippen molar-refractivity contribution < 1.29 is 4.79 Å². The predicted molar refractivity (Wildman–Crippen MR) is 87.1 cm³/mol. The molecule has 1 saturated carbocycles. The molecule has 1 saturated heterocycles. The van der Waals surface area contributed by atoms with Crippen molar-refractivity contribution in [2.75, 3.05) is 31.6 Å². The van der Waals surface area contributed by atoms with E-state index in [0.29, 0.717) is 18.2 Å². The second-order valence-corrected chi connectivity index (χ2v) is 6.62. The molecule has 0 N–H and O–H groups in total. The summed E-state index contributed by atoms with van der Waals surface area (Å²) in [5.74, 6) is 1.71. The first-order valence-corrected chi connectivity index (χ1v) is 8.48. The molecule has 120 valence electrons. The minimum atomic E-state index is 0.292. The van der Waals surface area contributed by atoms with Gasteiger partial charge in [0.05, 0.1) is 0 Å². The van der Waals surface area contributed by atoms with E-state index in [-0.39, 0.29) is 0 Å². The van der Waals surface area contributed by atoms with Crippen LogP contribution in [0.25, 0.3) is 0 Å². The van der Waals surface area contributed by atoms with Crippen LogP contribution in [0.1, 0.15) is 55.8 Å². The predicted octanol–water partition coefficient (Wildman–Crippen LogP) is 2.50. The first kappa shape index (κ1) is 15.3. The molecule has 3 rings (SSSR count). The van der Waals surface area contributed by atoms with Gasteiger partial charge in [0.1, 0.15) is 0 Å². The highest BCUT2D eigenvalue weighted by Crippen LogP contribution is 2.35. The number of aryl methyl sites for hydroxylation is 1. The fourth-order valence-corrected chi connectivity index (χ4v) is 3.13. The molecule has 1 aromatic heterocycles. The van der Waals surface area contributed by atoms with Crippen molar-refractivity contribution >= 4 is 11.9 Å². The highest BCUT2D eigenvalue weighted by molar-refractivity contribution is 5.76. The van der Waals surface area contributed by atoms with Gasteiger partial charge in [-0.25, -0.2) is 9.97 Å². The Bertz CT molecular complexity index is 541. The average molecular weight is 302 g/mol. The van der Waals surface area contributed by atoms with Crippen LogP contribution in [0.5, 0.6) is 0 Å². The minimum absolute atomic E-state index is 0.292. The van der Waals surface area contributed by atoms with Crippen molar-refractivity contribution in [3.05, 3.63) is 17.5 Å². The number of piperidine rings is 1. The maximum Gasteiger partial charge on any atom is 0.225 e. The number of rotatable bonds is 5. The summed E-state index contributed by atoms with van der Waals surface area (Å²) in [5, 5.41) is 0. The summed E-state index contributed by atoms with van der Waals surface area (Å²) in [4.78, 5) is 25.2. The van der Waals surface area contributed by atoms with E-state index in [1.807, 2.05) is 18.9 Å². The van der Waals surface area contributed by atoms with Gasteiger partial charge < -0.3 is 9.80 Å². The molecule has 22 heavy (non-hydrogen) atoms. The second-order valence-electron chi connectivity index (χ2n) is 6.62. The summed E-state index contributed by atoms with van der Waals surface area (Å²) in [6, 6.07) is 2.12. The zero-order chi connectivity index (χ0) is 15.5. The molecule has 1 aliphatic heterocycles. The lowest BCUT2D eigenvalue weighted by Crippen LogP contribution is -2.40. The summed E-state index contributed by atoms with van der Waals surface area (Å²) >= 11 is 0. The summed E-state index contributed by atoms with van der Waals surface area (Å²) < 4.78 is 0. The third kappa shape index (κ3) is 3.39. The molecule has 1 aromatic rings. The number of hydrogen-bond donors (Lipinski definition) is 0. The molecule has 1 amide bonds. The number of aromatic nitrogens is 2. The van der Waals surface area contributed by atoms with Crippen LogP contribution in [0.3, 0.4) is 0 Å². The van der Waals surface area contributed by atoms with Crippen LogP contribution >= 0.6 is 0 Å². The van der Waals surface area contributed by atoms with Gasteiger partial charge in [-0.1, -0.05) is 6.42 Å². The molecule has 1 aliphatic carbocycles. The maximum atomic E-state index is 11.9. The molecule has 2 aliphatic rings. The van der Waals surface area contributed by atoms with Crippen LogP contribution in [0.2, 0.25) is 0 Å². The molecule has 0 bridgehead atoms. The maximum absolute atomic E-state index is 11.9. The third-order valence-electron chi connectivity index (χ3n) is 4.85. The Balaban J connectivity index is 1.62. The highest BCUT2D eigenvalue weighted by Gasteiger charge is 2.23. The van der Waals surface area contributed by atoms with Crippen LogP contribution in [0, 0.1) is 6.92 Å². The van der Waals surface area contributed by atoms with E-state index in [0.717, 1.165) is 44.1 Å². The number of likely N-dealkylation sites (tertiary alicyclic amines) is 1. The molecule has 2 fully saturated rings. The van der Waals surface area contributed by atoms with Crippen molar-refractivity contribution in [2.24, 2.45) is 0 Å². The summed E-state index contributed by atoms with van der Waals surface area (Å²) in [7, 11) is 2.02. The van der Waals surface area contributed by atoms with Gasteiger partial charge in [-0.05, 0) is 38.7 Å². The van der Waals surface area contributed by atoms with Crippen molar-refractivity contribution in [2.45, 2.75) is 51.4 Å². The Morgan fingerprint density at radius 2 is 2.09 bits per heavy atom. The van der Waals surface area contributed by atoms with Crippen LogP contribution in [0.15, 0.2) is 6.07 Å². The van der Waals surface area contributed by atoms with Crippen LogP contribution in [-0.2, 0) is 4.79 Å². The van der Waals surface area contributed by atoms with Crippen LogP contribution in [0.4, 0.5) is 5.95 Å². The topological polar surface area (TPSA) is 49.3 Å². The zero-order valence-corrected chi connectivity index (χ0v) is 13.7. The Labute approximate surface area is 132 Å². The van der Waals surface area contributed by atoms with E-state index >= 15 is 0 Å². The highest BCUT2D eigenvalue weighted by atomic mass is 16.2. The molecule has 0 spiro atoms. The Morgan fingerprint density at radius 3 is 2.77 bits per heavy atom. The second kappa shape index (κ2) is 6.63. The fourth-order valence-electron chi connectivity index (χ4n) is 3.13. The lowest BCUT2D eigenvalue weighted by molar-refractivity contribution is -0.133. The molecule has 0 radical (unpaired) electrons. The Morgan fingerprint density at radius 1 is 1.27 bits per heavy atom. The van der Waals surface area contributed by atoms with Crippen molar-refractivity contribution in [3.8, 4) is 0 Å². The van der Waals surface area contributed by atoms with Gasteiger partial charge in [-0.15, -0.1) is 0 Å². The number of likely N-dealkylation sites (N-methyl/N-ethyl adjacent to an activating group) is 1. The van der Waals surface area contributed by atoms with Gasteiger partial charge in [-0.3, -0.25) is 4.79 Å². The van der Waals surface area contributed by atoms with Gasteiger partial charge in [0.15, 0.2) is 0 Å². The smallest absolute Gasteiger partial charge is 0.225 e. The first-order valence-electron chi connectivity index (χ1n) is 8.48. The zero-order valence-electron chi connectivity index (χ0n) is 13.7. The number of nitrogens with zero attached hydrogens (tertiary/aromatic N) is 4. The first-order chi connectivity index (χ1) is 10.6. The molecule has 0 atom stereocenters. The van der Waals surface area contributed by atoms with E-state index < -0.39 is 0 Å². The standard InChI is InChI=1S/C17H26N4O/c1-13-12-15(14-6-5-7-14)19-17(18-13)20(2)10-11-21-9-4-3-8-16(21)22/h12,14H,3-11H2,1-2H3. The molecular weight excluding hydrogens is 276 g/mol. The number of anilines is 1. The van der Waals surface area contributed by atoms with Gasteiger partial charge >= 0.3 is 0 Å². The van der Waals surface area contributed by atoms with Crippen LogP contribution in [-0.4, -0.2) is 47.5 Å². The van der Waals surface area contributed by atoms with Crippen molar-refractivity contribution in [3.63, 3.8) is 0 Å². The molecule has 0 unspecified atom stereocenters. The number of amides is 1. The minimum Gasteiger partial charge on any atom is -0.342 e. The Hall–Kier alpha value is -1.65. The molecule has 5 heteroatoms. The molecule has 0 aromatic carbocycles. The van der Waals surface area contributed by atoms with E-state index in [4.69, 9.17) is 4.98 Å². The fraction of sp³-hybridized carbons (Fsp3) is 0.706. The lowest BCUT2D eigenvalue weighted by Gasteiger charge is -2.29. The molecule has 5 nitrogen and oxygen atoms in total. The quantitative estimate of drug-likeness (QED) is 0.838. The van der Waals surface area contributed by atoms with Gasteiger partial charge in [-0.2, -0.15) is 0 Å². The van der Waals surface area contributed by atoms with E-state index in [1.54, 1.807) is 0 Å². The Kier molecular flexibility index (Phi) is 4.60. The number of carbonyl (C=O) groups excluding carboxylic acids is 1.